The van der Waals surface area contributed by atoms with Crippen LogP contribution in [0.25, 0.3) is 0 Å². The van der Waals surface area contributed by atoms with Crippen LogP contribution in [-0.2, 0) is 0 Å². The number of amides is 1. The smallest absolute Gasteiger partial charge is 0.254 e. The van der Waals surface area contributed by atoms with Crippen molar-refractivity contribution in [2.75, 3.05) is 46.4 Å². The summed E-state index contributed by atoms with van der Waals surface area (Å²) < 4.78 is 11.2. The van der Waals surface area contributed by atoms with Crippen LogP contribution in [0.5, 0.6) is 11.5 Å². The molecule has 0 saturated carbocycles. The van der Waals surface area contributed by atoms with Crippen LogP contribution in [0.1, 0.15) is 37.6 Å². The minimum Gasteiger partial charge on any atom is -0.493 e. The second kappa shape index (κ2) is 9.30. The van der Waals surface area contributed by atoms with E-state index in [9.17, 15) is 4.79 Å². The van der Waals surface area contributed by atoms with Crippen molar-refractivity contribution in [3.63, 3.8) is 0 Å². The predicted molar refractivity (Wildman–Crippen MR) is 101 cm³/mol. The number of ether oxygens (including phenoxy) is 2. The molecule has 1 heterocycles. The van der Waals surface area contributed by atoms with Crippen molar-refractivity contribution in [1.29, 1.82) is 0 Å². The summed E-state index contributed by atoms with van der Waals surface area (Å²) in [6.07, 6.45) is 0.932. The van der Waals surface area contributed by atoms with Crippen LogP contribution in [0.15, 0.2) is 12.1 Å². The number of carbonyl (C=O) groups is 1. The van der Waals surface area contributed by atoms with Crippen LogP contribution in [0.4, 0.5) is 0 Å². The van der Waals surface area contributed by atoms with Crippen molar-refractivity contribution in [2.45, 2.75) is 27.2 Å². The molecular weight excluding hydrogens is 340 g/mol. The summed E-state index contributed by atoms with van der Waals surface area (Å²) in [5.41, 5.74) is 0.544. The molecule has 1 aliphatic rings. The zero-order chi connectivity index (χ0) is 18.4. The standard InChI is InChI=1S/C19H29ClN2O3/c1-5-21-7-9-22(10-8-21)19(23)15-12-16(20)18(17(13-15)24-4)25-11-6-14(2)3/h12-14H,5-11H2,1-4H3. The number of methoxy groups -OCH3 is 1. The van der Waals surface area contributed by atoms with Gasteiger partial charge in [0.15, 0.2) is 11.5 Å². The molecule has 1 saturated heterocycles. The first-order valence-corrected chi connectivity index (χ1v) is 9.36. The van der Waals surface area contributed by atoms with Crippen molar-refractivity contribution in [2.24, 2.45) is 5.92 Å². The highest BCUT2D eigenvalue weighted by atomic mass is 35.5. The van der Waals surface area contributed by atoms with Gasteiger partial charge in [-0.15, -0.1) is 0 Å². The average molecular weight is 369 g/mol. The van der Waals surface area contributed by atoms with Gasteiger partial charge in [-0.3, -0.25) is 4.79 Å². The van der Waals surface area contributed by atoms with Gasteiger partial charge < -0.3 is 19.3 Å². The summed E-state index contributed by atoms with van der Waals surface area (Å²) in [5.74, 6) is 1.56. The summed E-state index contributed by atoms with van der Waals surface area (Å²) in [7, 11) is 1.56. The maximum atomic E-state index is 12.8. The molecule has 5 nitrogen and oxygen atoms in total. The summed E-state index contributed by atoms with van der Waals surface area (Å²) in [5, 5.41) is 0.415. The normalized spacial score (nSPS) is 15.5. The third kappa shape index (κ3) is 5.25. The van der Waals surface area contributed by atoms with E-state index in [1.807, 2.05) is 4.90 Å². The number of hydrogen-bond acceptors (Lipinski definition) is 4. The molecule has 0 radical (unpaired) electrons. The van der Waals surface area contributed by atoms with E-state index in [1.165, 1.54) is 0 Å². The minimum absolute atomic E-state index is 0.00955. The van der Waals surface area contributed by atoms with Gasteiger partial charge in [-0.1, -0.05) is 32.4 Å². The summed E-state index contributed by atoms with van der Waals surface area (Å²) in [4.78, 5) is 17.0. The fourth-order valence-corrected chi connectivity index (χ4v) is 3.10. The summed E-state index contributed by atoms with van der Waals surface area (Å²) >= 11 is 6.37. The second-order valence-corrected chi connectivity index (χ2v) is 7.15. The molecule has 140 valence electrons. The van der Waals surface area contributed by atoms with E-state index in [0.29, 0.717) is 34.6 Å². The Balaban J connectivity index is 2.11. The number of rotatable bonds is 7. The fraction of sp³-hybridized carbons (Fsp3) is 0.632. The largest absolute Gasteiger partial charge is 0.493 e. The number of nitrogens with zero attached hydrogens (tertiary/aromatic N) is 2. The number of carbonyl (C=O) groups excluding carboxylic acids is 1. The lowest BCUT2D eigenvalue weighted by atomic mass is 10.1. The zero-order valence-electron chi connectivity index (χ0n) is 15.7. The number of likely N-dealkylation sites (N-methyl/N-ethyl adjacent to an activating group) is 1. The number of halogens is 1. The van der Waals surface area contributed by atoms with E-state index >= 15 is 0 Å². The first-order chi connectivity index (χ1) is 12.0. The highest BCUT2D eigenvalue weighted by molar-refractivity contribution is 6.32. The Morgan fingerprint density at radius 3 is 2.48 bits per heavy atom. The SMILES string of the molecule is CCN1CCN(C(=O)c2cc(Cl)c(OCCC(C)C)c(OC)c2)CC1. The van der Waals surface area contributed by atoms with Gasteiger partial charge >= 0.3 is 0 Å². The summed E-state index contributed by atoms with van der Waals surface area (Å²) in [6, 6.07) is 3.41. The highest BCUT2D eigenvalue weighted by Gasteiger charge is 2.23. The molecule has 1 amide bonds. The highest BCUT2D eigenvalue weighted by Crippen LogP contribution is 2.37. The van der Waals surface area contributed by atoms with E-state index < -0.39 is 0 Å². The number of hydrogen-bond donors (Lipinski definition) is 0. The van der Waals surface area contributed by atoms with Crippen molar-refractivity contribution in [3.8, 4) is 11.5 Å². The van der Waals surface area contributed by atoms with Crippen LogP contribution in [-0.4, -0.2) is 62.1 Å². The van der Waals surface area contributed by atoms with Gasteiger partial charge in [-0.2, -0.15) is 0 Å². The van der Waals surface area contributed by atoms with Crippen molar-refractivity contribution in [1.82, 2.24) is 9.80 Å². The monoisotopic (exact) mass is 368 g/mol. The molecule has 0 N–H and O–H groups in total. The van der Waals surface area contributed by atoms with Crippen LogP contribution < -0.4 is 9.47 Å². The van der Waals surface area contributed by atoms with E-state index in [2.05, 4.69) is 25.7 Å². The van der Waals surface area contributed by atoms with Crippen molar-refractivity contribution in [3.05, 3.63) is 22.7 Å². The van der Waals surface area contributed by atoms with Gasteiger partial charge in [0.25, 0.3) is 5.91 Å². The molecule has 25 heavy (non-hydrogen) atoms. The maximum Gasteiger partial charge on any atom is 0.254 e. The fourth-order valence-electron chi connectivity index (χ4n) is 2.83. The molecule has 6 heteroatoms. The Hall–Kier alpha value is -1.46. The van der Waals surface area contributed by atoms with Gasteiger partial charge in [-0.25, -0.2) is 0 Å². The third-order valence-corrected chi connectivity index (χ3v) is 4.81. The van der Waals surface area contributed by atoms with Crippen LogP contribution in [0.2, 0.25) is 5.02 Å². The van der Waals surface area contributed by atoms with Gasteiger partial charge in [0.1, 0.15) is 0 Å². The maximum absolute atomic E-state index is 12.8. The minimum atomic E-state index is -0.00955. The third-order valence-electron chi connectivity index (χ3n) is 4.52. The van der Waals surface area contributed by atoms with Crippen molar-refractivity contribution < 1.29 is 14.3 Å². The molecule has 0 atom stereocenters. The Labute approximate surface area is 155 Å². The first kappa shape index (κ1) is 19.9. The van der Waals surface area contributed by atoms with E-state index in [4.69, 9.17) is 21.1 Å². The topological polar surface area (TPSA) is 42.0 Å². The Bertz CT molecular complexity index is 584. The number of benzene rings is 1. The van der Waals surface area contributed by atoms with Crippen LogP contribution in [0.3, 0.4) is 0 Å². The molecule has 1 aliphatic heterocycles. The summed E-state index contributed by atoms with van der Waals surface area (Å²) in [6.45, 7) is 11.3. The lowest BCUT2D eigenvalue weighted by Gasteiger charge is -2.34. The average Bonchev–Trinajstić information content (AvgIpc) is 2.61. The lowest BCUT2D eigenvalue weighted by Crippen LogP contribution is -2.48. The molecule has 0 bridgehead atoms. The number of piperazine rings is 1. The predicted octanol–water partition coefficient (Wildman–Crippen LogP) is 3.55. The van der Waals surface area contributed by atoms with Gasteiger partial charge in [0.05, 0.1) is 18.7 Å². The second-order valence-electron chi connectivity index (χ2n) is 6.75. The first-order valence-electron chi connectivity index (χ1n) is 8.98. The van der Waals surface area contributed by atoms with Gasteiger partial charge in [0.2, 0.25) is 0 Å². The van der Waals surface area contributed by atoms with Gasteiger partial charge in [-0.05, 0) is 31.0 Å². The zero-order valence-corrected chi connectivity index (χ0v) is 16.4. The van der Waals surface area contributed by atoms with Crippen LogP contribution in [0, 0.1) is 5.92 Å². The molecule has 0 unspecified atom stereocenters. The molecule has 1 fully saturated rings. The molecule has 0 aromatic heterocycles. The lowest BCUT2D eigenvalue weighted by molar-refractivity contribution is 0.0643. The van der Waals surface area contributed by atoms with Crippen molar-refractivity contribution >= 4 is 17.5 Å². The Morgan fingerprint density at radius 2 is 1.92 bits per heavy atom. The Morgan fingerprint density at radius 1 is 1.24 bits per heavy atom. The molecule has 2 rings (SSSR count). The molecule has 1 aromatic rings. The van der Waals surface area contributed by atoms with E-state index in [1.54, 1.807) is 19.2 Å². The molecular formula is C19H29ClN2O3. The molecule has 1 aromatic carbocycles. The van der Waals surface area contributed by atoms with Crippen LogP contribution >= 0.6 is 11.6 Å². The molecule has 0 spiro atoms. The van der Waals surface area contributed by atoms with Gasteiger partial charge in [0, 0.05) is 31.7 Å². The Kier molecular flexibility index (Phi) is 7.38. The quantitative estimate of drug-likeness (QED) is 0.738. The van der Waals surface area contributed by atoms with E-state index in [-0.39, 0.29) is 5.91 Å². The van der Waals surface area contributed by atoms with E-state index in [0.717, 1.165) is 39.1 Å². The molecule has 0 aliphatic carbocycles.